The molecule has 0 bridgehead atoms. The maximum absolute atomic E-state index is 12.3. The third kappa shape index (κ3) is 5.34. The monoisotopic (exact) mass is 297 g/mol. The molecule has 118 valence electrons. The van der Waals surface area contributed by atoms with E-state index in [2.05, 4.69) is 0 Å². The number of benzene rings is 1. The number of phenols is 2. The molecule has 0 aromatic heterocycles. The van der Waals surface area contributed by atoms with Gasteiger partial charge in [0.05, 0.1) is 25.3 Å². The van der Waals surface area contributed by atoms with E-state index in [1.165, 1.54) is 12.1 Å². The maximum atomic E-state index is 12.3. The van der Waals surface area contributed by atoms with Crippen molar-refractivity contribution < 1.29 is 24.5 Å². The van der Waals surface area contributed by atoms with Gasteiger partial charge in [-0.1, -0.05) is 0 Å². The van der Waals surface area contributed by atoms with Gasteiger partial charge in [0, 0.05) is 32.9 Å². The molecule has 0 heterocycles. The van der Waals surface area contributed by atoms with Crippen LogP contribution < -0.4 is 0 Å². The Morgan fingerprint density at radius 3 is 2.57 bits per heavy atom. The number of aromatic hydroxyl groups is 2. The highest BCUT2D eigenvalue weighted by Gasteiger charge is 2.20. The second kappa shape index (κ2) is 8.61. The summed E-state index contributed by atoms with van der Waals surface area (Å²) in [7, 11) is 3.21. The van der Waals surface area contributed by atoms with E-state index >= 15 is 0 Å². The van der Waals surface area contributed by atoms with Gasteiger partial charge in [-0.15, -0.1) is 0 Å². The van der Waals surface area contributed by atoms with E-state index in [1.807, 2.05) is 11.8 Å². The number of phenolic OH excluding ortho intramolecular Hbond substituents is 2. The first-order chi connectivity index (χ1) is 9.99. The van der Waals surface area contributed by atoms with Gasteiger partial charge < -0.3 is 19.7 Å². The van der Waals surface area contributed by atoms with Crippen LogP contribution in [0.15, 0.2) is 18.2 Å². The van der Waals surface area contributed by atoms with Crippen molar-refractivity contribution in [3.8, 4) is 11.5 Å². The van der Waals surface area contributed by atoms with Crippen LogP contribution in [-0.2, 0) is 9.47 Å². The molecule has 21 heavy (non-hydrogen) atoms. The van der Waals surface area contributed by atoms with E-state index in [0.717, 1.165) is 6.07 Å². The van der Waals surface area contributed by atoms with Gasteiger partial charge in [-0.05, 0) is 19.1 Å². The number of ketones is 1. The van der Waals surface area contributed by atoms with Crippen LogP contribution in [0.5, 0.6) is 11.5 Å². The lowest BCUT2D eigenvalue weighted by Gasteiger charge is -2.27. The summed E-state index contributed by atoms with van der Waals surface area (Å²) in [6.45, 7) is 3.70. The van der Waals surface area contributed by atoms with E-state index in [9.17, 15) is 15.0 Å². The summed E-state index contributed by atoms with van der Waals surface area (Å²) in [5.74, 6) is -0.509. The van der Waals surface area contributed by atoms with Crippen molar-refractivity contribution in [2.24, 2.45) is 0 Å². The Labute approximate surface area is 124 Å². The molecule has 0 fully saturated rings. The minimum absolute atomic E-state index is 0.0494. The van der Waals surface area contributed by atoms with E-state index in [0.29, 0.717) is 19.8 Å². The lowest BCUT2D eigenvalue weighted by molar-refractivity contribution is 0.0649. The molecule has 0 aliphatic carbocycles. The van der Waals surface area contributed by atoms with Gasteiger partial charge in [0.2, 0.25) is 0 Å². The van der Waals surface area contributed by atoms with Crippen molar-refractivity contribution in [2.75, 3.05) is 40.5 Å². The topological polar surface area (TPSA) is 79.2 Å². The summed E-state index contributed by atoms with van der Waals surface area (Å²) in [4.78, 5) is 14.2. The summed E-state index contributed by atoms with van der Waals surface area (Å²) in [6.07, 6.45) is 0. The summed E-state index contributed by atoms with van der Waals surface area (Å²) < 4.78 is 10.2. The predicted molar refractivity (Wildman–Crippen MR) is 78.9 cm³/mol. The minimum atomic E-state index is -0.217. The molecule has 1 atom stereocenters. The Hall–Kier alpha value is -1.63. The summed E-state index contributed by atoms with van der Waals surface area (Å²) in [5.41, 5.74) is 0.194. The first-order valence-electron chi connectivity index (χ1n) is 6.76. The third-order valence-corrected chi connectivity index (χ3v) is 3.24. The maximum Gasteiger partial charge on any atom is 0.180 e. The lowest BCUT2D eigenvalue weighted by atomic mass is 10.1. The van der Waals surface area contributed by atoms with Crippen molar-refractivity contribution in [1.29, 1.82) is 0 Å². The fraction of sp³-hybridized carbons (Fsp3) is 0.533. The molecule has 1 rings (SSSR count). The van der Waals surface area contributed by atoms with Crippen LogP contribution in [0.4, 0.5) is 0 Å². The van der Waals surface area contributed by atoms with Gasteiger partial charge in [-0.25, -0.2) is 0 Å². The lowest BCUT2D eigenvalue weighted by Crippen LogP contribution is -2.41. The molecule has 0 aliphatic heterocycles. The van der Waals surface area contributed by atoms with E-state index < -0.39 is 0 Å². The van der Waals surface area contributed by atoms with E-state index in [4.69, 9.17) is 9.47 Å². The van der Waals surface area contributed by atoms with Gasteiger partial charge in [0.1, 0.15) is 11.5 Å². The Morgan fingerprint density at radius 2 is 2.00 bits per heavy atom. The fourth-order valence-corrected chi connectivity index (χ4v) is 2.04. The highest BCUT2D eigenvalue weighted by molar-refractivity contribution is 6.00. The zero-order chi connectivity index (χ0) is 15.8. The average molecular weight is 297 g/mol. The largest absolute Gasteiger partial charge is 0.508 e. The van der Waals surface area contributed by atoms with Crippen LogP contribution in [-0.4, -0.2) is 67.5 Å². The van der Waals surface area contributed by atoms with Crippen LogP contribution in [0, 0.1) is 0 Å². The van der Waals surface area contributed by atoms with Crippen molar-refractivity contribution in [1.82, 2.24) is 4.90 Å². The molecule has 1 unspecified atom stereocenters. The Kier molecular flexibility index (Phi) is 7.14. The number of hydrogen-bond acceptors (Lipinski definition) is 6. The van der Waals surface area contributed by atoms with Crippen LogP contribution in [0.25, 0.3) is 0 Å². The molecular weight excluding hydrogens is 274 g/mol. The van der Waals surface area contributed by atoms with Gasteiger partial charge in [0.25, 0.3) is 0 Å². The smallest absolute Gasteiger partial charge is 0.180 e. The summed E-state index contributed by atoms with van der Waals surface area (Å²) in [5, 5.41) is 19.0. The Bertz CT molecular complexity index is 463. The second-order valence-corrected chi connectivity index (χ2v) is 4.89. The van der Waals surface area contributed by atoms with E-state index in [1.54, 1.807) is 14.2 Å². The summed E-state index contributed by atoms with van der Waals surface area (Å²) >= 11 is 0. The molecule has 1 aromatic carbocycles. The molecule has 0 aliphatic rings. The van der Waals surface area contributed by atoms with Crippen molar-refractivity contribution in [2.45, 2.75) is 13.0 Å². The predicted octanol–water partition coefficient (Wildman–Crippen LogP) is 1.26. The zero-order valence-electron chi connectivity index (χ0n) is 12.7. The van der Waals surface area contributed by atoms with Crippen LogP contribution in [0.1, 0.15) is 17.3 Å². The highest BCUT2D eigenvalue weighted by Crippen LogP contribution is 2.23. The first-order valence-corrected chi connectivity index (χ1v) is 6.76. The summed E-state index contributed by atoms with van der Waals surface area (Å²) in [6, 6.07) is 4.01. The van der Waals surface area contributed by atoms with Crippen LogP contribution >= 0.6 is 0 Å². The SMILES string of the molecule is COCCN(CC(=O)c1ccc(O)cc1O)C(C)COC. The molecule has 0 saturated carbocycles. The quantitative estimate of drug-likeness (QED) is 0.668. The molecular formula is C15H23NO5. The van der Waals surface area contributed by atoms with Crippen LogP contribution in [0.3, 0.4) is 0 Å². The van der Waals surface area contributed by atoms with Gasteiger partial charge in [0.15, 0.2) is 5.78 Å². The van der Waals surface area contributed by atoms with E-state index in [-0.39, 0.29) is 35.4 Å². The molecule has 0 radical (unpaired) electrons. The van der Waals surface area contributed by atoms with Crippen molar-refractivity contribution in [3.63, 3.8) is 0 Å². The molecule has 1 aromatic rings. The standard InChI is InChI=1S/C15H23NO5/c1-11(10-21-3)16(6-7-20-2)9-15(19)13-5-4-12(17)8-14(13)18/h4-5,8,11,17-18H,6-7,9-10H2,1-3H3. The fourth-order valence-electron chi connectivity index (χ4n) is 2.04. The number of carbonyl (C=O) groups is 1. The third-order valence-electron chi connectivity index (χ3n) is 3.24. The molecule has 2 N–H and O–H groups in total. The number of carbonyl (C=O) groups excluding carboxylic acids is 1. The number of ether oxygens (including phenoxy) is 2. The molecule has 6 nitrogen and oxygen atoms in total. The van der Waals surface area contributed by atoms with Crippen molar-refractivity contribution in [3.05, 3.63) is 23.8 Å². The molecule has 6 heteroatoms. The number of nitrogens with zero attached hydrogens (tertiary/aromatic N) is 1. The van der Waals surface area contributed by atoms with Gasteiger partial charge in [-0.3, -0.25) is 9.69 Å². The average Bonchev–Trinajstić information content (AvgIpc) is 2.43. The van der Waals surface area contributed by atoms with Crippen LogP contribution in [0.2, 0.25) is 0 Å². The number of hydrogen-bond donors (Lipinski definition) is 2. The van der Waals surface area contributed by atoms with Gasteiger partial charge >= 0.3 is 0 Å². The number of methoxy groups -OCH3 is 2. The highest BCUT2D eigenvalue weighted by atomic mass is 16.5. The Balaban J connectivity index is 2.78. The zero-order valence-corrected chi connectivity index (χ0v) is 12.7. The van der Waals surface area contributed by atoms with Gasteiger partial charge in [-0.2, -0.15) is 0 Å². The number of Topliss-reactive ketones (excluding diaryl/α,β-unsaturated/α-hetero) is 1. The Morgan fingerprint density at radius 1 is 1.29 bits per heavy atom. The minimum Gasteiger partial charge on any atom is -0.508 e. The molecule has 0 spiro atoms. The normalized spacial score (nSPS) is 12.6. The molecule has 0 amide bonds. The first kappa shape index (κ1) is 17.4. The second-order valence-electron chi connectivity index (χ2n) is 4.89. The number of rotatable bonds is 9. The van der Waals surface area contributed by atoms with Crippen molar-refractivity contribution >= 4 is 5.78 Å². The molecule has 0 saturated heterocycles.